The number of carbonyl (C=O) groups is 2. The van der Waals surface area contributed by atoms with Crippen LogP contribution in [0.1, 0.15) is 41.9 Å². The molecule has 5 nitrogen and oxygen atoms in total. The third-order valence-corrected chi connectivity index (χ3v) is 5.35. The summed E-state index contributed by atoms with van der Waals surface area (Å²) in [6, 6.07) is 6.23. The van der Waals surface area contributed by atoms with E-state index in [0.29, 0.717) is 25.0 Å². The van der Waals surface area contributed by atoms with Crippen LogP contribution in [0.15, 0.2) is 29.6 Å². The second-order valence-electron chi connectivity index (χ2n) is 6.36. The van der Waals surface area contributed by atoms with Gasteiger partial charge in [0.25, 0.3) is 0 Å². The van der Waals surface area contributed by atoms with Gasteiger partial charge in [-0.3, -0.25) is 4.79 Å². The first-order chi connectivity index (χ1) is 12.0. The van der Waals surface area contributed by atoms with Crippen molar-refractivity contribution in [3.8, 4) is 0 Å². The maximum Gasteiger partial charge on any atom is 0.329 e. The van der Waals surface area contributed by atoms with Crippen molar-refractivity contribution in [2.24, 2.45) is 0 Å². The second kappa shape index (κ2) is 7.31. The lowest BCUT2D eigenvalue weighted by Crippen LogP contribution is -2.52. The highest BCUT2D eigenvalue weighted by atomic mass is 32.1. The number of carbonyl (C=O) groups excluding carboxylic acids is 1. The Bertz CT molecular complexity index is 767. The fourth-order valence-corrected chi connectivity index (χ4v) is 3.96. The van der Waals surface area contributed by atoms with Crippen LogP contribution in [-0.4, -0.2) is 27.5 Å². The molecule has 1 aliphatic rings. The summed E-state index contributed by atoms with van der Waals surface area (Å²) in [4.78, 5) is 28.1. The van der Waals surface area contributed by atoms with Crippen molar-refractivity contribution < 1.29 is 19.1 Å². The van der Waals surface area contributed by atoms with Gasteiger partial charge < -0.3 is 10.4 Å². The maximum absolute atomic E-state index is 12.9. The Morgan fingerprint density at radius 3 is 2.56 bits per heavy atom. The van der Waals surface area contributed by atoms with Gasteiger partial charge in [-0.2, -0.15) is 0 Å². The first-order valence-electron chi connectivity index (χ1n) is 8.19. The third-order valence-electron chi connectivity index (χ3n) is 4.45. The highest BCUT2D eigenvalue weighted by Crippen LogP contribution is 2.30. The van der Waals surface area contributed by atoms with Crippen molar-refractivity contribution in [2.45, 2.75) is 44.1 Å². The van der Waals surface area contributed by atoms with Crippen LogP contribution in [0.5, 0.6) is 0 Å². The number of nitrogens with zero attached hydrogens (tertiary/aromatic N) is 1. The molecule has 0 radical (unpaired) electrons. The molecule has 0 unspecified atom stereocenters. The van der Waals surface area contributed by atoms with Gasteiger partial charge in [-0.1, -0.05) is 25.0 Å². The molecule has 1 amide bonds. The minimum atomic E-state index is -1.12. The minimum Gasteiger partial charge on any atom is -0.480 e. The molecule has 1 aliphatic carbocycles. The van der Waals surface area contributed by atoms with Crippen LogP contribution >= 0.6 is 11.3 Å². The van der Waals surface area contributed by atoms with Crippen molar-refractivity contribution in [1.29, 1.82) is 0 Å². The zero-order valence-electron chi connectivity index (χ0n) is 13.6. The summed E-state index contributed by atoms with van der Waals surface area (Å²) >= 11 is 1.44. The zero-order valence-corrected chi connectivity index (χ0v) is 14.4. The summed E-state index contributed by atoms with van der Waals surface area (Å²) in [5, 5.41) is 14.7. The number of hydrogen-bond donors (Lipinski definition) is 2. The van der Waals surface area contributed by atoms with E-state index in [0.717, 1.165) is 23.4 Å². The van der Waals surface area contributed by atoms with Crippen LogP contribution < -0.4 is 5.32 Å². The van der Waals surface area contributed by atoms with Gasteiger partial charge in [0.1, 0.15) is 11.4 Å². The van der Waals surface area contributed by atoms with Crippen molar-refractivity contribution in [2.75, 3.05) is 0 Å². The Labute approximate surface area is 148 Å². The van der Waals surface area contributed by atoms with Crippen LogP contribution in [0, 0.1) is 5.82 Å². The Kier molecular flexibility index (Phi) is 5.13. The molecule has 0 saturated heterocycles. The molecule has 25 heavy (non-hydrogen) atoms. The number of nitrogens with one attached hydrogen (secondary N) is 1. The van der Waals surface area contributed by atoms with Gasteiger partial charge in [0, 0.05) is 11.8 Å². The van der Waals surface area contributed by atoms with Crippen LogP contribution in [-0.2, 0) is 22.4 Å². The minimum absolute atomic E-state index is 0.0644. The van der Waals surface area contributed by atoms with E-state index in [-0.39, 0.29) is 18.1 Å². The molecule has 1 saturated carbocycles. The summed E-state index contributed by atoms with van der Waals surface area (Å²) in [5.74, 6) is -1.56. The Morgan fingerprint density at radius 1 is 1.24 bits per heavy atom. The van der Waals surface area contributed by atoms with E-state index in [9.17, 15) is 19.1 Å². The molecule has 0 atom stereocenters. The number of halogens is 1. The Morgan fingerprint density at radius 2 is 1.92 bits per heavy atom. The molecule has 3 rings (SSSR count). The Balaban J connectivity index is 1.60. The number of benzene rings is 1. The predicted molar refractivity (Wildman–Crippen MR) is 92.0 cm³/mol. The molecule has 2 aromatic rings. The lowest BCUT2D eigenvalue weighted by molar-refractivity contribution is -0.147. The maximum atomic E-state index is 12.9. The van der Waals surface area contributed by atoms with Gasteiger partial charge in [-0.05, 0) is 30.5 Å². The van der Waals surface area contributed by atoms with Gasteiger partial charge >= 0.3 is 5.97 Å². The standard InChI is InChI=1S/C18H19FN2O3S/c19-13-5-3-12(4-6-13)9-16-20-14(11-25-16)10-15(22)21-18(17(23)24)7-1-2-8-18/h3-6,11H,1-2,7-10H2,(H,21,22)(H,23,24). The van der Waals surface area contributed by atoms with Crippen molar-refractivity contribution >= 4 is 23.2 Å². The monoisotopic (exact) mass is 362 g/mol. The van der Waals surface area contributed by atoms with Crippen LogP contribution in [0.25, 0.3) is 0 Å². The summed E-state index contributed by atoms with van der Waals surface area (Å²) < 4.78 is 12.9. The first-order valence-corrected chi connectivity index (χ1v) is 9.07. The van der Waals surface area contributed by atoms with Crippen LogP contribution in [0.4, 0.5) is 4.39 Å². The van der Waals surface area contributed by atoms with E-state index in [4.69, 9.17) is 0 Å². The number of carboxylic acid groups (broad SMARTS) is 1. The lowest BCUT2D eigenvalue weighted by Gasteiger charge is -2.25. The van der Waals surface area contributed by atoms with Gasteiger partial charge in [-0.25, -0.2) is 14.2 Å². The van der Waals surface area contributed by atoms with E-state index in [1.165, 1.54) is 23.5 Å². The number of carboxylic acids is 1. The van der Waals surface area contributed by atoms with Gasteiger partial charge in [0.15, 0.2) is 0 Å². The molecule has 1 aromatic carbocycles. The largest absolute Gasteiger partial charge is 0.480 e. The average molecular weight is 362 g/mol. The second-order valence-corrected chi connectivity index (χ2v) is 7.30. The van der Waals surface area contributed by atoms with Crippen LogP contribution in [0.2, 0.25) is 0 Å². The van der Waals surface area contributed by atoms with Crippen LogP contribution in [0.3, 0.4) is 0 Å². The van der Waals surface area contributed by atoms with E-state index in [1.54, 1.807) is 17.5 Å². The first kappa shape index (κ1) is 17.5. The quantitative estimate of drug-likeness (QED) is 0.828. The van der Waals surface area contributed by atoms with E-state index < -0.39 is 11.5 Å². The number of aliphatic carboxylic acids is 1. The van der Waals surface area contributed by atoms with Crippen molar-refractivity contribution in [1.82, 2.24) is 10.3 Å². The topological polar surface area (TPSA) is 79.3 Å². The molecule has 0 aliphatic heterocycles. The summed E-state index contributed by atoms with van der Waals surface area (Å²) in [6.45, 7) is 0. The number of rotatable bonds is 6. The summed E-state index contributed by atoms with van der Waals surface area (Å²) in [6.07, 6.45) is 3.21. The average Bonchev–Trinajstić information content (AvgIpc) is 3.20. The predicted octanol–water partition coefficient (Wildman–Crippen LogP) is 2.93. The number of aromatic nitrogens is 1. The number of amides is 1. The van der Waals surface area contributed by atoms with Gasteiger partial charge in [-0.15, -0.1) is 11.3 Å². The molecule has 0 spiro atoms. The molecule has 7 heteroatoms. The third kappa shape index (κ3) is 4.22. The summed E-state index contributed by atoms with van der Waals surface area (Å²) in [7, 11) is 0. The highest BCUT2D eigenvalue weighted by Gasteiger charge is 2.42. The molecular formula is C18H19FN2O3S. The molecule has 1 aromatic heterocycles. The smallest absolute Gasteiger partial charge is 0.329 e. The number of thiazole rings is 1. The zero-order chi connectivity index (χ0) is 17.9. The van der Waals surface area contributed by atoms with Gasteiger partial charge in [0.05, 0.1) is 17.1 Å². The van der Waals surface area contributed by atoms with Gasteiger partial charge in [0.2, 0.25) is 5.91 Å². The fourth-order valence-electron chi connectivity index (χ4n) is 3.13. The van der Waals surface area contributed by atoms with E-state index in [1.807, 2.05) is 0 Å². The highest BCUT2D eigenvalue weighted by molar-refractivity contribution is 7.09. The molecule has 1 heterocycles. The lowest BCUT2D eigenvalue weighted by atomic mass is 9.97. The number of hydrogen-bond acceptors (Lipinski definition) is 4. The molecule has 1 fully saturated rings. The molecule has 132 valence electrons. The SMILES string of the molecule is O=C(Cc1csc(Cc2ccc(F)cc2)n1)NC1(C(=O)O)CCCC1. The molecule has 2 N–H and O–H groups in total. The van der Waals surface area contributed by atoms with E-state index >= 15 is 0 Å². The van der Waals surface area contributed by atoms with E-state index in [2.05, 4.69) is 10.3 Å². The molecular weight excluding hydrogens is 343 g/mol. The summed E-state index contributed by atoms with van der Waals surface area (Å²) in [5.41, 5.74) is 0.449. The molecule has 0 bridgehead atoms. The Hall–Kier alpha value is -2.28. The van der Waals surface area contributed by atoms with Crippen molar-refractivity contribution in [3.05, 3.63) is 51.7 Å². The van der Waals surface area contributed by atoms with Crippen molar-refractivity contribution in [3.63, 3.8) is 0 Å². The fraction of sp³-hybridized carbons (Fsp3) is 0.389. The normalized spacial score (nSPS) is 15.9.